The lowest BCUT2D eigenvalue weighted by Crippen LogP contribution is -2.21. The highest BCUT2D eigenvalue weighted by Gasteiger charge is 2.18. The molecule has 0 aliphatic rings. The highest BCUT2D eigenvalue weighted by molar-refractivity contribution is 7.99. The molecule has 2 heterocycles. The van der Waals surface area contributed by atoms with Gasteiger partial charge in [0.2, 0.25) is 0 Å². The zero-order valence-corrected chi connectivity index (χ0v) is 14.9. The number of carbonyl (C=O) groups is 1. The Balaban J connectivity index is 2.20. The van der Waals surface area contributed by atoms with Crippen LogP contribution in [0.25, 0.3) is 15.9 Å². The Kier molecular flexibility index (Phi) is 4.73. The van der Waals surface area contributed by atoms with Crippen LogP contribution >= 0.6 is 23.1 Å². The molecule has 24 heavy (non-hydrogen) atoms. The van der Waals surface area contributed by atoms with Crippen molar-refractivity contribution in [2.45, 2.75) is 25.4 Å². The molecule has 7 heteroatoms. The van der Waals surface area contributed by atoms with Gasteiger partial charge < -0.3 is 5.11 Å². The first-order chi connectivity index (χ1) is 11.5. The first kappa shape index (κ1) is 16.7. The number of hydrogen-bond donors (Lipinski definition) is 1. The molecule has 0 spiro atoms. The maximum absolute atomic E-state index is 13.1. The molecule has 0 radical (unpaired) electrons. The summed E-state index contributed by atoms with van der Waals surface area (Å²) in [6, 6.07) is 9.32. The van der Waals surface area contributed by atoms with E-state index < -0.39 is 5.97 Å². The molecule has 2 aromatic heterocycles. The standard InChI is InChI=1S/C17H16N2O3S2/c1-10-11(2)24-15-14(10)16(22)19(12-6-4-3-5-7-12)17(18-15)23-9-8-13(20)21/h3-7H,8-9H2,1-2H3,(H,20,21). The fraction of sp³-hybridized carbons (Fsp3) is 0.235. The minimum absolute atomic E-state index is 0.0237. The smallest absolute Gasteiger partial charge is 0.304 e. The molecule has 3 rings (SSSR count). The fourth-order valence-electron chi connectivity index (χ4n) is 2.41. The lowest BCUT2D eigenvalue weighted by Gasteiger charge is -2.11. The number of rotatable bonds is 5. The van der Waals surface area contributed by atoms with Gasteiger partial charge in [0, 0.05) is 10.6 Å². The lowest BCUT2D eigenvalue weighted by molar-refractivity contribution is -0.136. The molecule has 0 saturated heterocycles. The van der Waals surface area contributed by atoms with Crippen LogP contribution in [0, 0.1) is 13.8 Å². The zero-order valence-electron chi connectivity index (χ0n) is 13.3. The van der Waals surface area contributed by atoms with Crippen molar-refractivity contribution < 1.29 is 9.90 Å². The van der Waals surface area contributed by atoms with Crippen molar-refractivity contribution in [1.82, 2.24) is 9.55 Å². The topological polar surface area (TPSA) is 72.2 Å². The Hall–Kier alpha value is -2.12. The second-order valence-corrected chi connectivity index (χ2v) is 7.59. The molecule has 0 aliphatic heterocycles. The van der Waals surface area contributed by atoms with E-state index in [4.69, 9.17) is 5.11 Å². The average molecular weight is 360 g/mol. The second kappa shape index (κ2) is 6.78. The van der Waals surface area contributed by atoms with Gasteiger partial charge in [-0.1, -0.05) is 30.0 Å². The molecule has 0 aliphatic carbocycles. The molecule has 1 N–H and O–H groups in total. The molecule has 124 valence electrons. The third-order valence-electron chi connectivity index (χ3n) is 3.73. The van der Waals surface area contributed by atoms with Crippen LogP contribution in [0.3, 0.4) is 0 Å². The van der Waals surface area contributed by atoms with Crippen molar-refractivity contribution in [3.63, 3.8) is 0 Å². The van der Waals surface area contributed by atoms with Gasteiger partial charge in [-0.3, -0.25) is 14.2 Å². The maximum Gasteiger partial charge on any atom is 0.304 e. The summed E-state index contributed by atoms with van der Waals surface area (Å²) >= 11 is 2.79. The van der Waals surface area contributed by atoms with Crippen LogP contribution in [0.15, 0.2) is 40.3 Å². The third kappa shape index (κ3) is 3.09. The largest absolute Gasteiger partial charge is 0.481 e. The lowest BCUT2D eigenvalue weighted by atomic mass is 10.2. The first-order valence-corrected chi connectivity index (χ1v) is 9.22. The molecular formula is C17H16N2O3S2. The van der Waals surface area contributed by atoms with Gasteiger partial charge in [-0.2, -0.15) is 0 Å². The van der Waals surface area contributed by atoms with Crippen molar-refractivity contribution in [3.8, 4) is 5.69 Å². The highest BCUT2D eigenvalue weighted by Crippen LogP contribution is 2.29. The number of carboxylic acids is 1. The summed E-state index contributed by atoms with van der Waals surface area (Å²) in [5.74, 6) is -0.497. The minimum atomic E-state index is -0.861. The molecule has 0 unspecified atom stereocenters. The van der Waals surface area contributed by atoms with E-state index >= 15 is 0 Å². The Morgan fingerprint density at radius 2 is 2.00 bits per heavy atom. The van der Waals surface area contributed by atoms with E-state index in [1.807, 2.05) is 44.2 Å². The van der Waals surface area contributed by atoms with Crippen LogP contribution < -0.4 is 5.56 Å². The number of aliphatic carboxylic acids is 1. The molecule has 1 aromatic carbocycles. The van der Waals surface area contributed by atoms with Gasteiger partial charge in [0.1, 0.15) is 4.83 Å². The van der Waals surface area contributed by atoms with E-state index in [9.17, 15) is 9.59 Å². The zero-order chi connectivity index (χ0) is 17.3. The molecule has 0 saturated carbocycles. The van der Waals surface area contributed by atoms with Crippen LogP contribution in [-0.2, 0) is 4.79 Å². The van der Waals surface area contributed by atoms with Crippen LogP contribution in [-0.4, -0.2) is 26.4 Å². The number of benzene rings is 1. The number of para-hydroxylation sites is 1. The number of aromatic nitrogens is 2. The predicted molar refractivity (Wildman–Crippen MR) is 97.7 cm³/mol. The van der Waals surface area contributed by atoms with Crippen molar-refractivity contribution in [2.24, 2.45) is 0 Å². The van der Waals surface area contributed by atoms with Gasteiger partial charge in [-0.25, -0.2) is 4.98 Å². The summed E-state index contributed by atoms with van der Waals surface area (Å²) in [6.45, 7) is 3.91. The van der Waals surface area contributed by atoms with Gasteiger partial charge in [0.15, 0.2) is 5.16 Å². The highest BCUT2D eigenvalue weighted by atomic mass is 32.2. The monoisotopic (exact) mass is 360 g/mol. The average Bonchev–Trinajstić information content (AvgIpc) is 2.83. The second-order valence-electron chi connectivity index (χ2n) is 5.33. The Morgan fingerprint density at radius 3 is 2.67 bits per heavy atom. The van der Waals surface area contributed by atoms with Gasteiger partial charge in [-0.15, -0.1) is 11.3 Å². The SMILES string of the molecule is Cc1sc2nc(SCCC(=O)O)n(-c3ccccc3)c(=O)c2c1C. The Labute approximate surface area is 147 Å². The van der Waals surface area contributed by atoms with Gasteiger partial charge in [0.05, 0.1) is 17.5 Å². The summed E-state index contributed by atoms with van der Waals surface area (Å²) in [4.78, 5) is 30.3. The maximum atomic E-state index is 13.1. The van der Waals surface area contributed by atoms with Gasteiger partial charge >= 0.3 is 5.97 Å². The van der Waals surface area contributed by atoms with E-state index in [-0.39, 0.29) is 12.0 Å². The molecular weight excluding hydrogens is 344 g/mol. The summed E-state index contributed by atoms with van der Waals surface area (Å²) in [5.41, 5.74) is 1.59. The van der Waals surface area contributed by atoms with E-state index in [0.29, 0.717) is 21.1 Å². The summed E-state index contributed by atoms with van der Waals surface area (Å²) < 4.78 is 1.58. The van der Waals surface area contributed by atoms with Crippen molar-refractivity contribution in [3.05, 3.63) is 51.1 Å². The Morgan fingerprint density at radius 1 is 1.29 bits per heavy atom. The first-order valence-electron chi connectivity index (χ1n) is 7.42. The molecule has 0 atom stereocenters. The normalized spacial score (nSPS) is 11.1. The van der Waals surface area contributed by atoms with E-state index in [0.717, 1.165) is 16.1 Å². The van der Waals surface area contributed by atoms with Crippen LogP contribution in [0.4, 0.5) is 0 Å². The third-order valence-corrected chi connectivity index (χ3v) is 5.78. The van der Waals surface area contributed by atoms with Crippen molar-refractivity contribution in [2.75, 3.05) is 5.75 Å². The van der Waals surface area contributed by atoms with Crippen molar-refractivity contribution in [1.29, 1.82) is 0 Å². The van der Waals surface area contributed by atoms with Crippen LogP contribution in [0.2, 0.25) is 0 Å². The van der Waals surface area contributed by atoms with Gasteiger partial charge in [0.25, 0.3) is 5.56 Å². The molecule has 0 amide bonds. The number of thioether (sulfide) groups is 1. The number of nitrogens with zero attached hydrogens (tertiary/aromatic N) is 2. The van der Waals surface area contributed by atoms with E-state index in [1.165, 1.54) is 23.1 Å². The summed E-state index contributed by atoms with van der Waals surface area (Å²) in [5, 5.41) is 10.0. The van der Waals surface area contributed by atoms with E-state index in [2.05, 4.69) is 4.98 Å². The minimum Gasteiger partial charge on any atom is -0.481 e. The van der Waals surface area contributed by atoms with Crippen LogP contribution in [0.1, 0.15) is 16.9 Å². The molecule has 0 fully saturated rings. The van der Waals surface area contributed by atoms with E-state index in [1.54, 1.807) is 4.57 Å². The predicted octanol–water partition coefficient (Wildman–Crippen LogP) is 3.63. The summed E-state index contributed by atoms with van der Waals surface area (Å²) in [6.07, 6.45) is 0.0237. The van der Waals surface area contributed by atoms with Crippen LogP contribution in [0.5, 0.6) is 0 Å². The number of thiophene rings is 1. The molecule has 3 aromatic rings. The number of fused-ring (bicyclic) bond motifs is 1. The fourth-order valence-corrected chi connectivity index (χ4v) is 4.42. The van der Waals surface area contributed by atoms with Gasteiger partial charge in [-0.05, 0) is 31.5 Å². The Bertz CT molecular complexity index is 961. The quantitative estimate of drug-likeness (QED) is 0.556. The molecule has 0 bridgehead atoms. The number of carboxylic acid groups (broad SMARTS) is 1. The summed E-state index contributed by atoms with van der Waals surface area (Å²) in [7, 11) is 0. The number of aryl methyl sites for hydroxylation is 2. The number of hydrogen-bond acceptors (Lipinski definition) is 5. The van der Waals surface area contributed by atoms with Crippen molar-refractivity contribution >= 4 is 39.3 Å². The molecule has 5 nitrogen and oxygen atoms in total.